The summed E-state index contributed by atoms with van der Waals surface area (Å²) in [5.74, 6) is 0.861. The van der Waals surface area contributed by atoms with Crippen LogP contribution in [-0.2, 0) is 27.2 Å². The number of furan rings is 1. The van der Waals surface area contributed by atoms with E-state index < -0.39 is 0 Å². The van der Waals surface area contributed by atoms with E-state index in [4.69, 9.17) is 4.42 Å². The van der Waals surface area contributed by atoms with E-state index in [1.165, 1.54) is 14.7 Å². The van der Waals surface area contributed by atoms with Crippen molar-refractivity contribution < 1.29 is 4.42 Å². The Morgan fingerprint density at radius 1 is 1.10 bits per heavy atom. The highest BCUT2D eigenvalue weighted by atomic mass is 16.3. The smallest absolute Gasteiger partial charge is 0.332 e. The molecule has 0 radical (unpaired) electrons. The molecule has 4 aromatic rings. The van der Waals surface area contributed by atoms with E-state index in [2.05, 4.69) is 41.1 Å². The van der Waals surface area contributed by atoms with Gasteiger partial charge in [-0.3, -0.25) is 13.9 Å². The number of aryl methyl sites for hydroxylation is 3. The van der Waals surface area contributed by atoms with Crippen molar-refractivity contribution in [3.05, 3.63) is 81.2 Å². The van der Waals surface area contributed by atoms with Gasteiger partial charge in [0.15, 0.2) is 11.2 Å². The minimum Gasteiger partial charge on any atom is -0.467 e. The number of fused-ring (bicyclic) bond motifs is 1. The highest BCUT2D eigenvalue weighted by Crippen LogP contribution is 2.19. The van der Waals surface area contributed by atoms with Crippen LogP contribution in [0.25, 0.3) is 11.2 Å². The van der Waals surface area contributed by atoms with E-state index in [0.717, 1.165) is 11.4 Å². The van der Waals surface area contributed by atoms with Crippen LogP contribution in [0.1, 0.15) is 17.7 Å². The van der Waals surface area contributed by atoms with E-state index in [0.29, 0.717) is 37.2 Å². The SMILES string of the molecule is Cc1ccc(N(CCCn2c(=O)c3c(ncn3C)n(C)c2=O)Cc2ccco2)cc1. The normalized spacial score (nSPS) is 11.3. The van der Waals surface area contributed by atoms with Gasteiger partial charge in [0.2, 0.25) is 0 Å². The van der Waals surface area contributed by atoms with Crippen molar-refractivity contribution in [2.75, 3.05) is 11.4 Å². The third-order valence-corrected chi connectivity index (χ3v) is 5.34. The van der Waals surface area contributed by atoms with Crippen LogP contribution in [0.3, 0.4) is 0 Å². The molecular weight excluding hydrogens is 382 g/mol. The van der Waals surface area contributed by atoms with Gasteiger partial charge in [0.05, 0.1) is 19.1 Å². The molecule has 0 atom stereocenters. The van der Waals surface area contributed by atoms with E-state index in [9.17, 15) is 9.59 Å². The number of hydrogen-bond acceptors (Lipinski definition) is 5. The average Bonchev–Trinajstić information content (AvgIpc) is 3.38. The Kier molecular flexibility index (Phi) is 5.31. The summed E-state index contributed by atoms with van der Waals surface area (Å²) in [6, 6.07) is 12.1. The van der Waals surface area contributed by atoms with Gasteiger partial charge in [0.1, 0.15) is 5.76 Å². The topological polar surface area (TPSA) is 78.2 Å². The van der Waals surface area contributed by atoms with Gasteiger partial charge in [-0.1, -0.05) is 17.7 Å². The molecule has 0 saturated carbocycles. The van der Waals surface area contributed by atoms with Gasteiger partial charge < -0.3 is 13.9 Å². The molecule has 156 valence electrons. The maximum atomic E-state index is 12.9. The van der Waals surface area contributed by atoms with Crippen LogP contribution in [0.2, 0.25) is 0 Å². The lowest BCUT2D eigenvalue weighted by Gasteiger charge is -2.24. The number of aromatic nitrogens is 4. The molecule has 3 aromatic heterocycles. The molecule has 0 bridgehead atoms. The Morgan fingerprint density at radius 3 is 2.57 bits per heavy atom. The number of benzene rings is 1. The van der Waals surface area contributed by atoms with Gasteiger partial charge in [-0.2, -0.15) is 0 Å². The first-order valence-electron chi connectivity index (χ1n) is 9.90. The molecule has 0 fully saturated rings. The fourth-order valence-corrected chi connectivity index (χ4v) is 3.66. The predicted octanol–water partition coefficient (Wildman–Crippen LogP) is 2.43. The van der Waals surface area contributed by atoms with Crippen molar-refractivity contribution in [2.45, 2.75) is 26.4 Å². The van der Waals surface area contributed by atoms with Gasteiger partial charge >= 0.3 is 5.69 Å². The Hall–Kier alpha value is -3.55. The number of anilines is 1. The van der Waals surface area contributed by atoms with Crippen LogP contribution in [0.15, 0.2) is 63.0 Å². The summed E-state index contributed by atoms with van der Waals surface area (Å²) < 4.78 is 9.90. The summed E-state index contributed by atoms with van der Waals surface area (Å²) in [6.45, 7) is 3.66. The van der Waals surface area contributed by atoms with Crippen LogP contribution in [0, 0.1) is 6.92 Å². The first kappa shape index (κ1) is 19.8. The van der Waals surface area contributed by atoms with Crippen molar-refractivity contribution in [1.29, 1.82) is 0 Å². The molecule has 1 aromatic carbocycles. The summed E-state index contributed by atoms with van der Waals surface area (Å²) in [4.78, 5) is 31.9. The number of rotatable bonds is 7. The lowest BCUT2D eigenvalue weighted by molar-refractivity contribution is 0.494. The van der Waals surface area contributed by atoms with E-state index in [-0.39, 0.29) is 11.2 Å². The summed E-state index contributed by atoms with van der Waals surface area (Å²) >= 11 is 0. The van der Waals surface area contributed by atoms with Gasteiger partial charge in [0.25, 0.3) is 5.56 Å². The molecule has 0 aliphatic heterocycles. The molecule has 4 rings (SSSR count). The second-order valence-corrected chi connectivity index (χ2v) is 7.52. The highest BCUT2D eigenvalue weighted by Gasteiger charge is 2.15. The first-order valence-corrected chi connectivity index (χ1v) is 9.90. The fraction of sp³-hybridized carbons (Fsp3) is 0.318. The Bertz CT molecular complexity index is 1260. The van der Waals surface area contributed by atoms with E-state index >= 15 is 0 Å². The largest absolute Gasteiger partial charge is 0.467 e. The standard InChI is InChI=1S/C22H25N5O3/c1-16-7-9-17(10-8-16)26(14-18-6-4-13-30-18)11-5-12-27-21(28)19-20(23-15-24(19)2)25(3)22(27)29/h4,6-10,13,15H,5,11-12,14H2,1-3H3. The maximum Gasteiger partial charge on any atom is 0.332 e. The third-order valence-electron chi connectivity index (χ3n) is 5.34. The molecular formula is C22H25N5O3. The van der Waals surface area contributed by atoms with Crippen molar-refractivity contribution >= 4 is 16.9 Å². The maximum absolute atomic E-state index is 12.9. The molecule has 0 aliphatic carbocycles. The molecule has 0 spiro atoms. The second kappa shape index (κ2) is 8.06. The quantitative estimate of drug-likeness (QED) is 0.470. The number of hydrogen-bond donors (Lipinski definition) is 0. The lowest BCUT2D eigenvalue weighted by atomic mass is 10.2. The van der Waals surface area contributed by atoms with Crippen molar-refractivity contribution in [2.24, 2.45) is 14.1 Å². The van der Waals surface area contributed by atoms with Crippen LogP contribution in [-0.4, -0.2) is 25.2 Å². The monoisotopic (exact) mass is 407 g/mol. The predicted molar refractivity (Wildman–Crippen MR) is 116 cm³/mol. The van der Waals surface area contributed by atoms with Crippen LogP contribution < -0.4 is 16.1 Å². The second-order valence-electron chi connectivity index (χ2n) is 7.52. The molecule has 8 nitrogen and oxygen atoms in total. The Balaban J connectivity index is 1.57. The minimum atomic E-state index is -0.348. The molecule has 0 aliphatic rings. The van der Waals surface area contributed by atoms with Gasteiger partial charge in [-0.25, -0.2) is 9.78 Å². The molecule has 3 heterocycles. The molecule has 0 N–H and O–H groups in total. The van der Waals surface area contributed by atoms with Gasteiger partial charge in [-0.15, -0.1) is 0 Å². The van der Waals surface area contributed by atoms with E-state index in [1.807, 2.05) is 12.1 Å². The van der Waals surface area contributed by atoms with Crippen LogP contribution >= 0.6 is 0 Å². The number of nitrogens with zero attached hydrogens (tertiary/aromatic N) is 5. The molecule has 8 heteroatoms. The van der Waals surface area contributed by atoms with Crippen molar-refractivity contribution in [3.63, 3.8) is 0 Å². The Labute approximate surface area is 173 Å². The minimum absolute atomic E-state index is 0.305. The molecule has 0 saturated heterocycles. The molecule has 0 unspecified atom stereocenters. The highest BCUT2D eigenvalue weighted by molar-refractivity contribution is 5.69. The fourth-order valence-electron chi connectivity index (χ4n) is 3.66. The zero-order valence-corrected chi connectivity index (χ0v) is 17.4. The van der Waals surface area contributed by atoms with E-state index in [1.54, 1.807) is 31.3 Å². The number of imidazole rings is 1. The molecule has 0 amide bonds. The van der Waals surface area contributed by atoms with Crippen LogP contribution in [0.5, 0.6) is 0 Å². The first-order chi connectivity index (χ1) is 14.5. The third kappa shape index (κ3) is 3.68. The van der Waals surface area contributed by atoms with Gasteiger partial charge in [-0.05, 0) is 37.6 Å². The molecule has 30 heavy (non-hydrogen) atoms. The summed E-state index contributed by atoms with van der Waals surface area (Å²) in [5.41, 5.74) is 2.45. The summed E-state index contributed by atoms with van der Waals surface area (Å²) in [6.07, 6.45) is 3.85. The average molecular weight is 407 g/mol. The zero-order valence-electron chi connectivity index (χ0n) is 17.4. The van der Waals surface area contributed by atoms with Crippen LogP contribution in [0.4, 0.5) is 5.69 Å². The lowest BCUT2D eigenvalue weighted by Crippen LogP contribution is -2.40. The van der Waals surface area contributed by atoms with Gasteiger partial charge in [0, 0.05) is 32.9 Å². The van der Waals surface area contributed by atoms with Crippen molar-refractivity contribution in [1.82, 2.24) is 18.7 Å². The zero-order chi connectivity index (χ0) is 21.3. The van der Waals surface area contributed by atoms with Crippen molar-refractivity contribution in [3.8, 4) is 0 Å². The summed E-state index contributed by atoms with van der Waals surface area (Å²) in [5, 5.41) is 0. The Morgan fingerprint density at radius 2 is 1.87 bits per heavy atom. The summed E-state index contributed by atoms with van der Waals surface area (Å²) in [7, 11) is 3.40.